The summed E-state index contributed by atoms with van der Waals surface area (Å²) >= 11 is 2.29. The second-order valence-corrected chi connectivity index (χ2v) is 19.1. The second-order valence-electron chi connectivity index (χ2n) is 8.94. The first-order chi connectivity index (χ1) is 16.1. The fourth-order valence-electron chi connectivity index (χ4n) is 4.13. The SMILES string of the molecule is CCOC(=O)/C(C)=C/C=C/C=C[C@@](C)(O[Si](CC)(CC)CC)[C@@H](/C=C/I)O[Si](CC)(CC)CC. The molecule has 0 radical (unpaired) electrons. The lowest BCUT2D eigenvalue weighted by Crippen LogP contribution is -2.54. The molecule has 0 bridgehead atoms. The van der Waals surface area contributed by atoms with Crippen LogP contribution in [0, 0.1) is 0 Å². The predicted octanol–water partition coefficient (Wildman–Crippen LogP) is 8.73. The van der Waals surface area contributed by atoms with Gasteiger partial charge in [0, 0.05) is 5.57 Å². The first-order valence-corrected chi connectivity index (χ1v) is 19.3. The number of carbonyl (C=O) groups excluding carboxylic acids is 1. The van der Waals surface area contributed by atoms with Gasteiger partial charge in [0.05, 0.1) is 12.7 Å². The molecule has 0 heterocycles. The van der Waals surface area contributed by atoms with Crippen LogP contribution in [0.1, 0.15) is 62.3 Å². The lowest BCUT2D eigenvalue weighted by Gasteiger charge is -2.45. The third kappa shape index (κ3) is 10.2. The maximum absolute atomic E-state index is 11.8. The molecule has 0 rings (SSSR count). The average Bonchev–Trinajstić information content (AvgIpc) is 2.85. The summed E-state index contributed by atoms with van der Waals surface area (Å²) in [6.45, 7) is 19.7. The van der Waals surface area contributed by atoms with E-state index in [1.54, 1.807) is 13.0 Å². The molecule has 0 aromatic rings. The van der Waals surface area contributed by atoms with Gasteiger partial charge in [-0.05, 0) is 67.2 Å². The summed E-state index contributed by atoms with van der Waals surface area (Å²) in [4.78, 5) is 11.8. The number of hydrogen-bond donors (Lipinski definition) is 0. The molecule has 0 amide bonds. The Morgan fingerprint density at radius 2 is 1.41 bits per heavy atom. The van der Waals surface area contributed by atoms with Crippen LogP contribution in [-0.2, 0) is 18.4 Å². The van der Waals surface area contributed by atoms with E-state index in [9.17, 15) is 4.79 Å². The zero-order chi connectivity index (χ0) is 26.3. The van der Waals surface area contributed by atoms with E-state index < -0.39 is 22.2 Å². The van der Waals surface area contributed by atoms with Crippen LogP contribution in [0.2, 0.25) is 36.3 Å². The molecule has 196 valence electrons. The molecule has 0 saturated heterocycles. The lowest BCUT2D eigenvalue weighted by molar-refractivity contribution is -0.138. The number of halogens is 1. The molecule has 0 fully saturated rings. The van der Waals surface area contributed by atoms with Crippen molar-refractivity contribution in [2.75, 3.05) is 6.61 Å². The highest BCUT2D eigenvalue weighted by molar-refractivity contribution is 14.1. The van der Waals surface area contributed by atoms with Gasteiger partial charge in [-0.25, -0.2) is 4.79 Å². The number of esters is 1. The quantitative estimate of drug-likeness (QED) is 0.0537. The van der Waals surface area contributed by atoms with E-state index in [0.717, 1.165) is 36.3 Å². The maximum atomic E-state index is 11.8. The number of allylic oxidation sites excluding steroid dienone is 4. The first kappa shape index (κ1) is 33.5. The van der Waals surface area contributed by atoms with Crippen molar-refractivity contribution in [3.63, 3.8) is 0 Å². The Morgan fingerprint density at radius 1 is 0.882 bits per heavy atom. The van der Waals surface area contributed by atoms with Crippen LogP contribution in [0.4, 0.5) is 0 Å². The third-order valence-corrected chi connectivity index (χ3v) is 16.9. The second kappa shape index (κ2) is 17.1. The molecule has 4 nitrogen and oxygen atoms in total. The molecule has 0 unspecified atom stereocenters. The molecule has 0 N–H and O–H groups in total. The van der Waals surface area contributed by atoms with Crippen LogP contribution in [-0.4, -0.2) is 40.9 Å². The molecule has 0 spiro atoms. The van der Waals surface area contributed by atoms with Crippen LogP contribution in [0.25, 0.3) is 0 Å². The number of rotatable bonds is 17. The minimum atomic E-state index is -1.91. The molecule has 34 heavy (non-hydrogen) atoms. The van der Waals surface area contributed by atoms with Crippen molar-refractivity contribution in [1.82, 2.24) is 0 Å². The van der Waals surface area contributed by atoms with Gasteiger partial charge in [0.1, 0.15) is 5.60 Å². The minimum Gasteiger partial charge on any atom is -0.463 e. The van der Waals surface area contributed by atoms with Crippen molar-refractivity contribution >= 4 is 45.2 Å². The maximum Gasteiger partial charge on any atom is 0.333 e. The standard InChI is InChI=1S/C27H49IO4Si2/c1-10-30-26(29)24(8)20-18-17-19-22-27(9,32-34(14-5,15-6)16-7)25(21-23-28)31-33(11-2,12-3)13-4/h17-23,25H,10-16H2,1-9H3/b18-17+,22-19?,23-21+,24-20+/t25-,27-/m1/s1. The highest BCUT2D eigenvalue weighted by Gasteiger charge is 2.44. The molecule has 0 saturated carbocycles. The summed E-state index contributed by atoms with van der Waals surface area (Å²) in [7, 11) is -3.77. The number of carbonyl (C=O) groups is 1. The lowest BCUT2D eigenvalue weighted by atomic mass is 9.98. The van der Waals surface area contributed by atoms with E-state index in [1.165, 1.54) is 0 Å². The van der Waals surface area contributed by atoms with Crippen molar-refractivity contribution < 1.29 is 18.4 Å². The van der Waals surface area contributed by atoms with Crippen molar-refractivity contribution in [2.45, 2.75) is 110 Å². The molecule has 0 aromatic carbocycles. The monoisotopic (exact) mass is 620 g/mol. The smallest absolute Gasteiger partial charge is 0.333 e. The van der Waals surface area contributed by atoms with Gasteiger partial charge in [-0.15, -0.1) is 0 Å². The molecule has 0 aliphatic rings. The van der Waals surface area contributed by atoms with E-state index in [4.69, 9.17) is 13.6 Å². The summed E-state index contributed by atoms with van der Waals surface area (Å²) < 4.78 is 21.3. The van der Waals surface area contributed by atoms with Crippen LogP contribution in [0.15, 0.2) is 46.1 Å². The van der Waals surface area contributed by atoms with Crippen molar-refractivity contribution in [3.8, 4) is 0 Å². The topological polar surface area (TPSA) is 44.8 Å². The zero-order valence-electron chi connectivity index (χ0n) is 23.1. The van der Waals surface area contributed by atoms with Gasteiger partial charge in [0.15, 0.2) is 16.6 Å². The summed E-state index contributed by atoms with van der Waals surface area (Å²) in [6, 6.07) is 6.54. The van der Waals surface area contributed by atoms with Crippen LogP contribution < -0.4 is 0 Å². The van der Waals surface area contributed by atoms with Crippen molar-refractivity contribution in [1.29, 1.82) is 0 Å². The summed E-state index contributed by atoms with van der Waals surface area (Å²) in [6.07, 6.45) is 11.8. The van der Waals surface area contributed by atoms with Crippen LogP contribution >= 0.6 is 22.6 Å². The Morgan fingerprint density at radius 3 is 1.85 bits per heavy atom. The van der Waals surface area contributed by atoms with Gasteiger partial charge in [-0.3, -0.25) is 0 Å². The highest BCUT2D eigenvalue weighted by Crippen LogP contribution is 2.36. The Bertz CT molecular complexity index is 693. The third-order valence-electron chi connectivity index (χ3n) is 7.08. The molecular weight excluding hydrogens is 571 g/mol. The summed E-state index contributed by atoms with van der Waals surface area (Å²) in [5, 5.41) is 0. The normalized spacial score (nSPS) is 16.5. The molecular formula is C27H49IO4Si2. The van der Waals surface area contributed by atoms with E-state index >= 15 is 0 Å². The molecule has 0 aliphatic heterocycles. The molecule has 2 atom stereocenters. The van der Waals surface area contributed by atoms with Gasteiger partial charge < -0.3 is 13.6 Å². The highest BCUT2D eigenvalue weighted by atomic mass is 127. The van der Waals surface area contributed by atoms with Gasteiger partial charge in [0.2, 0.25) is 0 Å². The van der Waals surface area contributed by atoms with Gasteiger partial charge in [-0.2, -0.15) is 0 Å². The first-order valence-electron chi connectivity index (χ1n) is 13.0. The summed E-state index contributed by atoms with van der Waals surface area (Å²) in [5.41, 5.74) is 0.0105. The van der Waals surface area contributed by atoms with Crippen molar-refractivity contribution in [2.24, 2.45) is 0 Å². The number of hydrogen-bond acceptors (Lipinski definition) is 4. The van der Waals surface area contributed by atoms with Crippen LogP contribution in [0.5, 0.6) is 0 Å². The van der Waals surface area contributed by atoms with E-state index in [-0.39, 0.29) is 12.1 Å². The fraction of sp³-hybridized carbons (Fsp3) is 0.667. The summed E-state index contributed by atoms with van der Waals surface area (Å²) in [5.74, 6) is -0.283. The number of ether oxygens (including phenoxy) is 1. The van der Waals surface area contributed by atoms with Crippen molar-refractivity contribution in [3.05, 3.63) is 46.1 Å². The predicted molar refractivity (Wildman–Crippen MR) is 161 cm³/mol. The average molecular weight is 621 g/mol. The fourth-order valence-corrected chi connectivity index (χ4v) is 10.4. The molecule has 0 aromatic heterocycles. The van der Waals surface area contributed by atoms with Crippen LogP contribution in [0.3, 0.4) is 0 Å². The Labute approximate surface area is 225 Å². The molecule has 7 heteroatoms. The van der Waals surface area contributed by atoms with Gasteiger partial charge in [0.25, 0.3) is 0 Å². The van der Waals surface area contributed by atoms with E-state index in [0.29, 0.717) is 12.2 Å². The van der Waals surface area contributed by atoms with E-state index in [1.807, 2.05) is 25.2 Å². The Kier molecular flexibility index (Phi) is 16.8. The Hall–Kier alpha value is -0.486. The Balaban J connectivity index is 6.25. The molecule has 0 aliphatic carbocycles. The van der Waals surface area contributed by atoms with E-state index in [2.05, 4.69) is 87.3 Å². The minimum absolute atomic E-state index is 0.145. The van der Waals surface area contributed by atoms with Gasteiger partial charge >= 0.3 is 5.97 Å². The zero-order valence-corrected chi connectivity index (χ0v) is 27.2. The largest absolute Gasteiger partial charge is 0.463 e. The van der Waals surface area contributed by atoms with Gasteiger partial charge in [-0.1, -0.05) is 94.5 Å².